The van der Waals surface area contributed by atoms with Gasteiger partial charge in [0, 0.05) is 27.6 Å². The number of hydrogen-bond donors (Lipinski definition) is 3. The van der Waals surface area contributed by atoms with Crippen LogP contribution in [-0.2, 0) is 9.53 Å². The molecule has 9 heteroatoms. The van der Waals surface area contributed by atoms with Gasteiger partial charge in [-0.2, -0.15) is 0 Å². The zero-order chi connectivity index (χ0) is 21.6. The fourth-order valence-electron chi connectivity index (χ4n) is 2.49. The Morgan fingerprint density at radius 1 is 1.14 bits per heavy atom. The van der Waals surface area contributed by atoms with Crippen molar-refractivity contribution in [3.8, 4) is 5.75 Å². The monoisotopic (exact) mass is 525 g/mol. The zero-order valence-electron chi connectivity index (χ0n) is 15.1. The molecule has 0 radical (unpaired) electrons. The van der Waals surface area contributed by atoms with Gasteiger partial charge in [0.1, 0.15) is 11.9 Å². The average Bonchev–Trinajstić information content (AvgIpc) is 2.67. The lowest BCUT2D eigenvalue weighted by Crippen LogP contribution is -2.33. The third kappa shape index (κ3) is 6.43. The number of nitrogens with one attached hydrogen (secondary N) is 1. The van der Waals surface area contributed by atoms with Crippen molar-refractivity contribution in [1.82, 2.24) is 5.32 Å². The van der Waals surface area contributed by atoms with Gasteiger partial charge in [-0.25, -0.2) is 9.59 Å². The largest absolute Gasteiger partial charge is 0.506 e. The number of imide groups is 1. The van der Waals surface area contributed by atoms with Crippen molar-refractivity contribution in [1.29, 1.82) is 0 Å². The first-order valence-corrected chi connectivity index (χ1v) is 9.93. The molecule has 0 aliphatic heterocycles. The van der Waals surface area contributed by atoms with Crippen molar-refractivity contribution in [2.45, 2.75) is 13.0 Å². The Hall–Kier alpha value is -2.65. The molecule has 0 aliphatic rings. The molecule has 0 unspecified atom stereocenters. The maximum atomic E-state index is 12.3. The molecule has 2 aromatic carbocycles. The van der Waals surface area contributed by atoms with E-state index in [4.69, 9.17) is 9.84 Å². The van der Waals surface area contributed by atoms with E-state index >= 15 is 0 Å². The van der Waals surface area contributed by atoms with Crippen molar-refractivity contribution in [2.75, 3.05) is 0 Å². The Balaban J connectivity index is 2.29. The molecule has 29 heavy (non-hydrogen) atoms. The summed E-state index contributed by atoms with van der Waals surface area (Å²) in [7, 11) is 0. The highest BCUT2D eigenvalue weighted by Gasteiger charge is 2.27. The Labute approximate surface area is 183 Å². The minimum atomic E-state index is -1.17. The highest BCUT2D eigenvalue weighted by atomic mass is 79.9. The first kappa shape index (κ1) is 22.6. The molecule has 0 fully saturated rings. The van der Waals surface area contributed by atoms with Gasteiger partial charge in [0.15, 0.2) is 0 Å². The first-order valence-electron chi connectivity index (χ1n) is 8.35. The van der Waals surface area contributed by atoms with Crippen LogP contribution < -0.4 is 5.32 Å². The number of aromatic hydroxyl groups is 1. The lowest BCUT2D eigenvalue weighted by Gasteiger charge is -2.24. The number of alkyl carbamates (subject to hydrolysis) is 1. The summed E-state index contributed by atoms with van der Waals surface area (Å²) in [5, 5.41) is 21.4. The van der Waals surface area contributed by atoms with Crippen molar-refractivity contribution < 1.29 is 29.3 Å². The molecule has 152 valence electrons. The zero-order valence-corrected chi connectivity index (χ0v) is 18.3. The maximum absolute atomic E-state index is 12.3. The molecule has 2 amide bonds. The van der Waals surface area contributed by atoms with E-state index in [0.717, 1.165) is 6.08 Å². The van der Waals surface area contributed by atoms with Gasteiger partial charge >= 0.3 is 12.1 Å². The van der Waals surface area contributed by atoms with E-state index in [1.807, 2.05) is 0 Å². The van der Waals surface area contributed by atoms with Gasteiger partial charge in [0.25, 0.3) is 5.91 Å². The van der Waals surface area contributed by atoms with Gasteiger partial charge < -0.3 is 14.9 Å². The molecule has 0 saturated heterocycles. The lowest BCUT2D eigenvalue weighted by molar-refractivity contribution is -0.131. The number of carboxylic acids is 1. The molecule has 2 atom stereocenters. The smallest absolute Gasteiger partial charge is 0.414 e. The summed E-state index contributed by atoms with van der Waals surface area (Å²) in [5.74, 6) is -2.62. The number of rotatable bonds is 6. The minimum absolute atomic E-state index is 0.170. The van der Waals surface area contributed by atoms with Gasteiger partial charge in [0.05, 0.1) is 4.47 Å². The number of phenolic OH excluding ortho intramolecular Hbond substituents is 1. The molecular weight excluding hydrogens is 510 g/mol. The number of carbonyl (C=O) groups excluding carboxylic acids is 2. The fraction of sp³-hybridized carbons (Fsp3) is 0.150. The lowest BCUT2D eigenvalue weighted by atomic mass is 9.96. The SMILES string of the molecule is C[C@@H](/C=C/C(=O)O)[C@H](OC(=O)NC(=O)c1ccccc1)c1cc(Br)cc(Br)c1O. The van der Waals surface area contributed by atoms with Crippen LogP contribution in [0.25, 0.3) is 0 Å². The molecule has 0 spiro atoms. The summed E-state index contributed by atoms with van der Waals surface area (Å²) in [6, 6.07) is 11.3. The molecule has 0 saturated carbocycles. The molecular formula is C20H17Br2NO6. The molecule has 2 rings (SSSR count). The van der Waals surface area contributed by atoms with Crippen molar-refractivity contribution in [3.63, 3.8) is 0 Å². The summed E-state index contributed by atoms with van der Waals surface area (Å²) in [6.45, 7) is 1.62. The quantitative estimate of drug-likeness (QED) is 0.466. The van der Waals surface area contributed by atoms with Gasteiger partial charge in [-0.15, -0.1) is 0 Å². The van der Waals surface area contributed by atoms with Crippen molar-refractivity contribution in [2.24, 2.45) is 5.92 Å². The number of carboxylic acid groups (broad SMARTS) is 1. The van der Waals surface area contributed by atoms with Crippen LogP contribution in [0.3, 0.4) is 0 Å². The number of carbonyl (C=O) groups is 3. The summed E-state index contributed by atoms with van der Waals surface area (Å²) in [6.07, 6.45) is 0.143. The second kappa shape index (κ2) is 10.2. The Kier molecular flexibility index (Phi) is 7.98. The maximum Gasteiger partial charge on any atom is 0.414 e. The topological polar surface area (TPSA) is 113 Å². The van der Waals surface area contributed by atoms with Crippen molar-refractivity contribution >= 4 is 49.8 Å². The summed E-state index contributed by atoms with van der Waals surface area (Å²) >= 11 is 6.51. The summed E-state index contributed by atoms with van der Waals surface area (Å²) in [5.41, 5.74) is 0.504. The number of hydrogen-bond acceptors (Lipinski definition) is 5. The van der Waals surface area contributed by atoms with Gasteiger partial charge in [0.2, 0.25) is 0 Å². The number of ether oxygens (including phenoxy) is 1. The molecule has 0 heterocycles. The van der Waals surface area contributed by atoms with Crippen LogP contribution in [0, 0.1) is 5.92 Å². The predicted octanol–water partition coefficient (Wildman–Crippen LogP) is 4.80. The first-order chi connectivity index (χ1) is 13.7. The standard InChI is InChI=1S/C20H17Br2NO6/c1-11(7-8-16(24)25)18(14-9-13(21)10-15(22)17(14)26)29-20(28)23-19(27)12-5-3-2-4-6-12/h2-11,18,26H,1H3,(H,24,25)(H,23,27,28)/b8-7+/t11-,18-/m0/s1. The Morgan fingerprint density at radius 2 is 1.79 bits per heavy atom. The van der Waals surface area contributed by atoms with E-state index in [0.29, 0.717) is 8.95 Å². The van der Waals surface area contributed by atoms with E-state index in [-0.39, 0.29) is 16.9 Å². The number of amides is 2. The van der Waals surface area contributed by atoms with Crippen LogP contribution in [0.4, 0.5) is 4.79 Å². The third-order valence-electron chi connectivity index (χ3n) is 3.87. The van der Waals surface area contributed by atoms with E-state index in [9.17, 15) is 19.5 Å². The summed E-state index contributed by atoms with van der Waals surface area (Å²) in [4.78, 5) is 35.3. The highest BCUT2D eigenvalue weighted by molar-refractivity contribution is 9.11. The summed E-state index contributed by atoms with van der Waals surface area (Å²) < 4.78 is 6.35. The van der Waals surface area contributed by atoms with E-state index in [2.05, 4.69) is 37.2 Å². The molecule has 0 bridgehead atoms. The molecule has 0 aliphatic carbocycles. The second-order valence-electron chi connectivity index (χ2n) is 6.03. The minimum Gasteiger partial charge on any atom is -0.506 e. The van der Waals surface area contributed by atoms with Crippen LogP contribution in [0.1, 0.15) is 28.9 Å². The van der Waals surface area contributed by atoms with E-state index in [1.165, 1.54) is 18.2 Å². The van der Waals surface area contributed by atoms with Crippen LogP contribution in [0.5, 0.6) is 5.75 Å². The molecule has 7 nitrogen and oxygen atoms in total. The fourth-order valence-corrected chi connectivity index (χ4v) is 3.75. The Bertz CT molecular complexity index is 945. The van der Waals surface area contributed by atoms with Crippen LogP contribution in [0.15, 0.2) is 63.6 Å². The highest BCUT2D eigenvalue weighted by Crippen LogP contribution is 2.39. The number of phenols is 1. The normalized spacial score (nSPS) is 12.9. The van der Waals surface area contributed by atoms with Crippen molar-refractivity contribution in [3.05, 3.63) is 74.7 Å². The Morgan fingerprint density at radius 3 is 2.41 bits per heavy atom. The van der Waals surface area contributed by atoms with Crippen LogP contribution in [0.2, 0.25) is 0 Å². The average molecular weight is 527 g/mol. The van der Waals surface area contributed by atoms with Crippen LogP contribution in [-0.4, -0.2) is 28.2 Å². The molecule has 0 aromatic heterocycles. The molecule has 3 N–H and O–H groups in total. The van der Waals surface area contributed by atoms with Gasteiger partial charge in [-0.05, 0) is 40.2 Å². The van der Waals surface area contributed by atoms with Crippen LogP contribution >= 0.6 is 31.9 Å². The number of halogens is 2. The predicted molar refractivity (Wildman–Crippen MR) is 113 cm³/mol. The second-order valence-corrected chi connectivity index (χ2v) is 7.80. The number of benzene rings is 2. The van der Waals surface area contributed by atoms with Gasteiger partial charge in [-0.1, -0.05) is 47.1 Å². The van der Waals surface area contributed by atoms with E-state index < -0.39 is 30.0 Å². The van der Waals surface area contributed by atoms with Gasteiger partial charge in [-0.3, -0.25) is 10.1 Å². The molecule has 2 aromatic rings. The number of aliphatic carboxylic acids is 1. The van der Waals surface area contributed by atoms with E-state index in [1.54, 1.807) is 37.3 Å². The third-order valence-corrected chi connectivity index (χ3v) is 4.93.